The summed E-state index contributed by atoms with van der Waals surface area (Å²) < 4.78 is 9.97. The number of ether oxygens (including phenoxy) is 2. The molecule has 4 nitrogen and oxygen atoms in total. The number of hydrogen-bond donors (Lipinski definition) is 0. The van der Waals surface area contributed by atoms with Crippen LogP contribution in [0.1, 0.15) is 19.3 Å². The van der Waals surface area contributed by atoms with Gasteiger partial charge in [0.15, 0.2) is 0 Å². The lowest BCUT2D eigenvalue weighted by molar-refractivity contribution is 0.0600. The van der Waals surface area contributed by atoms with Crippen molar-refractivity contribution in [3.05, 3.63) is 58.3 Å². The molecule has 0 saturated heterocycles. The van der Waals surface area contributed by atoms with Gasteiger partial charge in [0.1, 0.15) is 9.75 Å². The van der Waals surface area contributed by atoms with E-state index in [-0.39, 0.29) is 0 Å². The number of carbonyl (C=O) groups is 2. The molecule has 0 bridgehead atoms. The van der Waals surface area contributed by atoms with E-state index in [0.717, 1.165) is 43.4 Å². The van der Waals surface area contributed by atoms with Gasteiger partial charge in [0, 0.05) is 20.9 Å². The third-order valence-corrected chi connectivity index (χ3v) is 6.48. The third-order valence-electron chi connectivity index (χ3n) is 4.18. The fourth-order valence-corrected chi connectivity index (χ4v) is 5.32. The van der Waals surface area contributed by atoms with Crippen LogP contribution in [0.25, 0.3) is 22.3 Å². The molecule has 1 aliphatic heterocycles. The van der Waals surface area contributed by atoms with Gasteiger partial charge in [-0.2, -0.15) is 0 Å². The first-order valence-corrected chi connectivity index (χ1v) is 9.49. The van der Waals surface area contributed by atoms with Crippen molar-refractivity contribution in [1.82, 2.24) is 0 Å². The Balaban J connectivity index is 2.17. The first-order valence-electron chi connectivity index (χ1n) is 7.85. The van der Waals surface area contributed by atoms with Crippen LogP contribution in [-0.4, -0.2) is 26.2 Å². The summed E-state index contributed by atoms with van der Waals surface area (Å²) in [6, 6.07) is 15.7. The maximum atomic E-state index is 12.5. The van der Waals surface area contributed by atoms with Crippen LogP contribution in [0.2, 0.25) is 0 Å². The molecule has 0 unspecified atom stereocenters. The van der Waals surface area contributed by atoms with Gasteiger partial charge in [-0.05, 0) is 23.3 Å². The molecule has 0 atom stereocenters. The molecular weight excluding hydrogens is 368 g/mol. The fourth-order valence-electron chi connectivity index (χ4n) is 3.06. The lowest BCUT2D eigenvalue weighted by Crippen LogP contribution is -2.00. The summed E-state index contributed by atoms with van der Waals surface area (Å²) in [5.74, 6) is -0.916. The van der Waals surface area contributed by atoms with Crippen LogP contribution in [0.3, 0.4) is 0 Å². The maximum absolute atomic E-state index is 12.5. The van der Waals surface area contributed by atoms with Crippen molar-refractivity contribution in [1.29, 1.82) is 0 Å². The Labute approximate surface area is 158 Å². The number of carbonyl (C=O) groups excluding carboxylic acids is 2. The fraction of sp³-hybridized carbons (Fsp3) is 0.100. The molecule has 6 heteroatoms. The molecule has 130 valence electrons. The van der Waals surface area contributed by atoms with Crippen molar-refractivity contribution in [3.8, 4) is 22.3 Å². The molecule has 2 heterocycles. The van der Waals surface area contributed by atoms with Crippen LogP contribution >= 0.6 is 23.1 Å². The van der Waals surface area contributed by atoms with E-state index in [4.69, 9.17) is 9.47 Å². The Morgan fingerprint density at radius 1 is 0.731 bits per heavy atom. The van der Waals surface area contributed by atoms with E-state index >= 15 is 0 Å². The summed E-state index contributed by atoms with van der Waals surface area (Å²) in [6.45, 7) is 0. The monoisotopic (exact) mass is 382 g/mol. The Kier molecular flexibility index (Phi) is 4.30. The third kappa shape index (κ3) is 2.53. The van der Waals surface area contributed by atoms with Crippen LogP contribution < -0.4 is 0 Å². The lowest BCUT2D eigenvalue weighted by atomic mass is 9.94. The predicted molar refractivity (Wildman–Crippen MR) is 102 cm³/mol. The normalized spacial score (nSPS) is 11.6. The Morgan fingerprint density at radius 2 is 1.15 bits per heavy atom. The summed E-state index contributed by atoms with van der Waals surface area (Å²) in [5, 5.41) is 0. The maximum Gasteiger partial charge on any atom is 0.348 e. The topological polar surface area (TPSA) is 52.6 Å². The molecule has 1 aliphatic rings. The van der Waals surface area contributed by atoms with Crippen molar-refractivity contribution in [3.63, 3.8) is 0 Å². The molecule has 0 radical (unpaired) electrons. The predicted octanol–water partition coefficient (Wildman–Crippen LogP) is 5.12. The summed E-state index contributed by atoms with van der Waals surface area (Å²) in [7, 11) is 2.69. The minimum atomic E-state index is -0.458. The van der Waals surface area contributed by atoms with Crippen molar-refractivity contribution < 1.29 is 19.1 Å². The smallest absolute Gasteiger partial charge is 0.348 e. The van der Waals surface area contributed by atoms with E-state index < -0.39 is 11.9 Å². The first-order chi connectivity index (χ1) is 12.7. The number of hydrogen-bond acceptors (Lipinski definition) is 6. The quantitative estimate of drug-likeness (QED) is 0.450. The molecule has 0 fully saturated rings. The summed E-state index contributed by atoms with van der Waals surface area (Å²) in [6.07, 6.45) is 0. The van der Waals surface area contributed by atoms with Gasteiger partial charge in [0.25, 0.3) is 0 Å². The van der Waals surface area contributed by atoms with Gasteiger partial charge in [0.2, 0.25) is 0 Å². The van der Waals surface area contributed by atoms with E-state index in [1.807, 2.05) is 48.5 Å². The number of methoxy groups -OCH3 is 2. The highest BCUT2D eigenvalue weighted by Crippen LogP contribution is 2.53. The van der Waals surface area contributed by atoms with Gasteiger partial charge in [-0.1, -0.05) is 48.2 Å². The minimum Gasteiger partial charge on any atom is -0.465 e. The first kappa shape index (κ1) is 16.9. The second-order valence-corrected chi connectivity index (χ2v) is 7.69. The average molecular weight is 382 g/mol. The largest absolute Gasteiger partial charge is 0.465 e. The zero-order valence-electron chi connectivity index (χ0n) is 14.1. The van der Waals surface area contributed by atoms with Gasteiger partial charge in [-0.3, -0.25) is 0 Å². The van der Waals surface area contributed by atoms with E-state index in [2.05, 4.69) is 0 Å². The van der Waals surface area contributed by atoms with Crippen LogP contribution in [0, 0.1) is 0 Å². The molecule has 1 aromatic heterocycles. The highest BCUT2D eigenvalue weighted by molar-refractivity contribution is 7.99. The van der Waals surface area contributed by atoms with Gasteiger partial charge < -0.3 is 9.47 Å². The molecule has 26 heavy (non-hydrogen) atoms. The second kappa shape index (κ2) is 6.63. The van der Waals surface area contributed by atoms with Gasteiger partial charge in [0.05, 0.1) is 14.2 Å². The number of fused-ring (bicyclic) bond motifs is 5. The molecule has 3 aromatic rings. The Morgan fingerprint density at radius 3 is 1.58 bits per heavy atom. The lowest BCUT2D eigenvalue weighted by Gasteiger charge is -2.08. The number of thiophene rings is 1. The minimum absolute atomic E-state index is 0.410. The van der Waals surface area contributed by atoms with Crippen molar-refractivity contribution in [2.75, 3.05) is 14.2 Å². The molecule has 0 N–H and O–H groups in total. The highest BCUT2D eigenvalue weighted by Gasteiger charge is 2.33. The van der Waals surface area contributed by atoms with E-state index in [1.54, 1.807) is 11.8 Å². The zero-order valence-corrected chi connectivity index (χ0v) is 15.7. The molecule has 0 spiro atoms. The summed E-state index contributed by atoms with van der Waals surface area (Å²) in [5.41, 5.74) is 3.29. The van der Waals surface area contributed by atoms with Gasteiger partial charge in [-0.15, -0.1) is 11.3 Å². The standard InChI is InChI=1S/C20H14O4S2/c1-23-19(21)17-15-11-7-3-5-9-13(11)25-14-10-6-4-8-12(14)16(15)18(26-17)20(22)24-2/h3-10H,1-2H3. The Bertz CT molecular complexity index is 956. The average Bonchev–Trinajstić information content (AvgIpc) is 3.01. The summed E-state index contributed by atoms with van der Waals surface area (Å²) in [4.78, 5) is 27.8. The molecule has 0 saturated carbocycles. The van der Waals surface area contributed by atoms with Gasteiger partial charge >= 0.3 is 11.9 Å². The number of rotatable bonds is 2. The van der Waals surface area contributed by atoms with Crippen LogP contribution in [0.5, 0.6) is 0 Å². The molecule has 0 amide bonds. The molecular formula is C20H14O4S2. The van der Waals surface area contributed by atoms with Crippen LogP contribution in [-0.2, 0) is 9.47 Å². The number of esters is 2. The molecule has 2 aromatic carbocycles. The Hall–Kier alpha value is -2.57. The highest BCUT2D eigenvalue weighted by atomic mass is 32.2. The van der Waals surface area contributed by atoms with E-state index in [1.165, 1.54) is 14.2 Å². The van der Waals surface area contributed by atoms with Crippen molar-refractivity contribution in [2.45, 2.75) is 9.79 Å². The molecule has 4 rings (SSSR count). The second-order valence-electron chi connectivity index (χ2n) is 5.59. The van der Waals surface area contributed by atoms with Crippen molar-refractivity contribution in [2.24, 2.45) is 0 Å². The SMILES string of the molecule is COC(=O)c1sc(C(=O)OC)c2c1-c1ccccc1Sc1ccccc1-2. The van der Waals surface area contributed by atoms with E-state index in [0.29, 0.717) is 9.75 Å². The zero-order chi connectivity index (χ0) is 18.3. The van der Waals surface area contributed by atoms with E-state index in [9.17, 15) is 9.59 Å². The summed E-state index contributed by atoms with van der Waals surface area (Å²) >= 11 is 2.74. The van der Waals surface area contributed by atoms with Gasteiger partial charge in [-0.25, -0.2) is 9.59 Å². The van der Waals surface area contributed by atoms with Crippen molar-refractivity contribution >= 4 is 35.0 Å². The molecule has 0 aliphatic carbocycles. The van der Waals surface area contributed by atoms with Crippen LogP contribution in [0.4, 0.5) is 0 Å². The van der Waals surface area contributed by atoms with Crippen LogP contribution in [0.15, 0.2) is 58.3 Å². The number of benzene rings is 2.